The molecule has 0 amide bonds. The highest BCUT2D eigenvalue weighted by atomic mass is 79.9. The molecule has 0 aromatic heterocycles. The Kier molecular flexibility index (Phi) is 4.10. The number of anilines is 1. The van der Waals surface area contributed by atoms with Crippen molar-refractivity contribution in [1.29, 1.82) is 5.26 Å². The highest BCUT2D eigenvalue weighted by Gasteiger charge is 2.29. The number of rotatable bonds is 3. The first-order chi connectivity index (χ1) is 9.44. The fraction of sp³-hybridized carbons (Fsp3) is 0.188. The quantitative estimate of drug-likeness (QED) is 0.880. The van der Waals surface area contributed by atoms with Crippen LogP contribution in [-0.2, 0) is 5.54 Å². The van der Waals surface area contributed by atoms with E-state index < -0.39 is 11.4 Å². The molecule has 0 aliphatic rings. The zero-order valence-corrected chi connectivity index (χ0v) is 12.8. The number of nitrogens with zero attached hydrogens (tertiary/aromatic N) is 1. The summed E-state index contributed by atoms with van der Waals surface area (Å²) in [7, 11) is 0. The van der Waals surface area contributed by atoms with Crippen LogP contribution in [0.2, 0.25) is 0 Å². The molecule has 1 unspecified atom stereocenters. The average Bonchev–Trinajstić information content (AvgIpc) is 2.44. The summed E-state index contributed by atoms with van der Waals surface area (Å²) in [5.41, 5.74) is 1.08. The molecule has 1 atom stereocenters. The fourth-order valence-electron chi connectivity index (χ4n) is 1.96. The average molecular weight is 333 g/mol. The highest BCUT2D eigenvalue weighted by Crippen LogP contribution is 2.30. The van der Waals surface area contributed by atoms with E-state index in [9.17, 15) is 9.65 Å². The van der Waals surface area contributed by atoms with Crippen LogP contribution in [0.5, 0.6) is 0 Å². The molecule has 0 radical (unpaired) electrons. The summed E-state index contributed by atoms with van der Waals surface area (Å²) >= 11 is 3.31. The molecule has 102 valence electrons. The van der Waals surface area contributed by atoms with Gasteiger partial charge in [-0.05, 0) is 44.2 Å². The predicted octanol–water partition coefficient (Wildman–Crippen LogP) is 4.75. The van der Waals surface area contributed by atoms with Gasteiger partial charge in [0.1, 0.15) is 5.82 Å². The zero-order chi connectivity index (χ0) is 14.8. The van der Waals surface area contributed by atoms with E-state index in [0.717, 1.165) is 15.7 Å². The molecule has 2 rings (SSSR count). The number of aryl methyl sites for hydroxylation is 1. The van der Waals surface area contributed by atoms with E-state index in [1.54, 1.807) is 19.1 Å². The van der Waals surface area contributed by atoms with E-state index >= 15 is 0 Å². The SMILES string of the molecule is Cc1ccc(NC(C)(C#N)c2cc(Br)ccc2F)cc1. The first-order valence-corrected chi connectivity index (χ1v) is 6.95. The van der Waals surface area contributed by atoms with Gasteiger partial charge in [-0.2, -0.15) is 5.26 Å². The maximum atomic E-state index is 14.0. The van der Waals surface area contributed by atoms with Crippen LogP contribution in [0.15, 0.2) is 46.9 Å². The van der Waals surface area contributed by atoms with Crippen molar-refractivity contribution in [3.63, 3.8) is 0 Å². The van der Waals surface area contributed by atoms with Crippen molar-refractivity contribution in [2.24, 2.45) is 0 Å². The minimum Gasteiger partial charge on any atom is -0.364 e. The summed E-state index contributed by atoms with van der Waals surface area (Å²) in [4.78, 5) is 0. The number of benzene rings is 2. The van der Waals surface area contributed by atoms with Crippen molar-refractivity contribution >= 4 is 21.6 Å². The van der Waals surface area contributed by atoms with Crippen molar-refractivity contribution < 1.29 is 4.39 Å². The van der Waals surface area contributed by atoms with Crippen LogP contribution in [0, 0.1) is 24.1 Å². The molecular formula is C16H14BrFN2. The van der Waals surface area contributed by atoms with E-state index in [1.807, 2.05) is 31.2 Å². The van der Waals surface area contributed by atoms with Crippen molar-refractivity contribution in [2.75, 3.05) is 5.32 Å². The third kappa shape index (κ3) is 3.00. The molecule has 0 saturated carbocycles. The zero-order valence-electron chi connectivity index (χ0n) is 11.2. The molecule has 0 saturated heterocycles. The van der Waals surface area contributed by atoms with Gasteiger partial charge in [-0.15, -0.1) is 0 Å². The van der Waals surface area contributed by atoms with E-state index in [4.69, 9.17) is 0 Å². The molecule has 0 bridgehead atoms. The summed E-state index contributed by atoms with van der Waals surface area (Å²) in [6.45, 7) is 3.65. The predicted molar refractivity (Wildman–Crippen MR) is 81.9 cm³/mol. The largest absolute Gasteiger partial charge is 0.364 e. The smallest absolute Gasteiger partial charge is 0.151 e. The molecule has 2 aromatic rings. The number of hydrogen-bond donors (Lipinski definition) is 1. The van der Waals surface area contributed by atoms with Crippen LogP contribution < -0.4 is 5.32 Å². The Morgan fingerprint density at radius 1 is 1.20 bits per heavy atom. The topological polar surface area (TPSA) is 35.8 Å². The summed E-state index contributed by atoms with van der Waals surface area (Å²) in [6.07, 6.45) is 0. The van der Waals surface area contributed by atoms with Gasteiger partial charge in [-0.3, -0.25) is 0 Å². The molecule has 4 heteroatoms. The second-order valence-corrected chi connectivity index (χ2v) is 5.77. The lowest BCUT2D eigenvalue weighted by molar-refractivity contribution is 0.570. The van der Waals surface area contributed by atoms with Gasteiger partial charge in [0.2, 0.25) is 0 Å². The molecule has 20 heavy (non-hydrogen) atoms. The van der Waals surface area contributed by atoms with Crippen LogP contribution in [0.3, 0.4) is 0 Å². The number of nitrogens with one attached hydrogen (secondary N) is 1. The Balaban J connectivity index is 2.41. The molecular weight excluding hydrogens is 319 g/mol. The molecule has 2 nitrogen and oxygen atoms in total. The van der Waals surface area contributed by atoms with Crippen molar-refractivity contribution in [3.05, 3.63) is 63.9 Å². The van der Waals surface area contributed by atoms with Crippen LogP contribution in [0.4, 0.5) is 10.1 Å². The molecule has 0 spiro atoms. The van der Waals surface area contributed by atoms with Gasteiger partial charge in [0, 0.05) is 15.7 Å². The fourth-order valence-corrected chi connectivity index (χ4v) is 2.32. The molecule has 2 aromatic carbocycles. The Labute approximate surface area is 126 Å². The van der Waals surface area contributed by atoms with E-state index in [1.165, 1.54) is 6.07 Å². The highest BCUT2D eigenvalue weighted by molar-refractivity contribution is 9.10. The molecule has 0 aliphatic carbocycles. The van der Waals surface area contributed by atoms with Gasteiger partial charge < -0.3 is 5.32 Å². The van der Waals surface area contributed by atoms with Gasteiger partial charge in [0.05, 0.1) is 6.07 Å². The van der Waals surface area contributed by atoms with Gasteiger partial charge >= 0.3 is 0 Å². The second kappa shape index (κ2) is 5.64. The molecule has 0 aliphatic heterocycles. The standard InChI is InChI=1S/C16H14BrFN2/c1-11-3-6-13(7-4-11)20-16(2,10-19)14-9-12(17)5-8-15(14)18/h3-9,20H,1-2H3. The summed E-state index contributed by atoms with van der Waals surface area (Å²) < 4.78 is 14.7. The van der Waals surface area contributed by atoms with Gasteiger partial charge in [0.25, 0.3) is 0 Å². The van der Waals surface area contributed by atoms with Gasteiger partial charge in [-0.25, -0.2) is 4.39 Å². The Morgan fingerprint density at radius 3 is 2.45 bits per heavy atom. The number of halogens is 2. The third-order valence-corrected chi connectivity index (χ3v) is 3.63. The molecule has 1 N–H and O–H groups in total. The Bertz CT molecular complexity index is 661. The lowest BCUT2D eigenvalue weighted by Gasteiger charge is -2.25. The summed E-state index contributed by atoms with van der Waals surface area (Å²) in [5.74, 6) is -0.406. The maximum absolute atomic E-state index is 14.0. The van der Waals surface area contributed by atoms with Crippen LogP contribution in [0.1, 0.15) is 18.1 Å². The maximum Gasteiger partial charge on any atom is 0.151 e. The third-order valence-electron chi connectivity index (χ3n) is 3.14. The normalized spacial score (nSPS) is 13.3. The van der Waals surface area contributed by atoms with Crippen molar-refractivity contribution in [3.8, 4) is 6.07 Å². The molecule has 0 fully saturated rings. The number of nitriles is 1. The second-order valence-electron chi connectivity index (χ2n) is 4.85. The lowest BCUT2D eigenvalue weighted by atomic mass is 9.92. The van der Waals surface area contributed by atoms with Crippen molar-refractivity contribution in [1.82, 2.24) is 0 Å². The van der Waals surface area contributed by atoms with E-state index in [0.29, 0.717) is 5.56 Å². The Morgan fingerprint density at radius 2 is 1.85 bits per heavy atom. The van der Waals surface area contributed by atoms with Gasteiger partial charge in [0.15, 0.2) is 5.54 Å². The number of hydrogen-bond acceptors (Lipinski definition) is 2. The van der Waals surface area contributed by atoms with Gasteiger partial charge in [-0.1, -0.05) is 33.6 Å². The monoisotopic (exact) mass is 332 g/mol. The van der Waals surface area contributed by atoms with Crippen LogP contribution >= 0.6 is 15.9 Å². The first kappa shape index (κ1) is 14.5. The summed E-state index contributed by atoms with van der Waals surface area (Å²) in [6, 6.07) is 14.4. The van der Waals surface area contributed by atoms with Crippen LogP contribution in [0.25, 0.3) is 0 Å². The minimum atomic E-state index is -1.14. The van der Waals surface area contributed by atoms with E-state index in [-0.39, 0.29) is 0 Å². The lowest BCUT2D eigenvalue weighted by Crippen LogP contribution is -2.31. The van der Waals surface area contributed by atoms with Crippen molar-refractivity contribution in [2.45, 2.75) is 19.4 Å². The first-order valence-electron chi connectivity index (χ1n) is 6.16. The minimum absolute atomic E-state index is 0.315. The summed E-state index contributed by atoms with van der Waals surface area (Å²) in [5, 5.41) is 12.6. The van der Waals surface area contributed by atoms with Crippen LogP contribution in [-0.4, -0.2) is 0 Å². The Hall–Kier alpha value is -1.86. The van der Waals surface area contributed by atoms with E-state index in [2.05, 4.69) is 27.3 Å². The molecule has 0 heterocycles.